The highest BCUT2D eigenvalue weighted by molar-refractivity contribution is 6.94. The first kappa shape index (κ1) is 33.5. The van der Waals surface area contributed by atoms with Gasteiger partial charge in [0.05, 0.1) is 22.1 Å². The molecule has 10 aromatic rings. The fourth-order valence-corrected chi connectivity index (χ4v) is 11.7. The molecule has 8 aromatic carbocycles. The summed E-state index contributed by atoms with van der Waals surface area (Å²) in [5.74, 6) is 0. The third-order valence-electron chi connectivity index (χ3n) is 14.6. The van der Waals surface area contributed by atoms with Gasteiger partial charge in [0.25, 0.3) is 0 Å². The molecule has 0 saturated carbocycles. The highest BCUT2D eigenvalue weighted by Crippen LogP contribution is 2.53. The molecule has 2 aliphatic heterocycles. The van der Waals surface area contributed by atoms with E-state index in [1.807, 2.05) is 0 Å². The summed E-state index contributed by atoms with van der Waals surface area (Å²) in [6.07, 6.45) is 2.37. The molecule has 13 rings (SSSR count). The van der Waals surface area contributed by atoms with Crippen LogP contribution in [0.15, 0.2) is 152 Å². The van der Waals surface area contributed by atoms with Gasteiger partial charge >= 0.3 is 6.85 Å². The fourth-order valence-electron chi connectivity index (χ4n) is 11.7. The van der Waals surface area contributed by atoms with E-state index < -0.39 is 0 Å². The number of nitrogens with zero attached hydrogens (tertiary/aromatic N) is 3. The monoisotopic (exact) mass is 757 g/mol. The second-order valence-electron chi connectivity index (χ2n) is 18.8. The van der Waals surface area contributed by atoms with Crippen LogP contribution >= 0.6 is 0 Å². The Bertz CT molecular complexity index is 3470. The minimum absolute atomic E-state index is 0.0472. The molecule has 0 radical (unpaired) electrons. The average molecular weight is 758 g/mol. The zero-order chi connectivity index (χ0) is 39.5. The summed E-state index contributed by atoms with van der Waals surface area (Å²) in [6.45, 7) is 12.1. The molecule has 4 heteroatoms. The molecule has 0 bridgehead atoms. The third-order valence-corrected chi connectivity index (χ3v) is 14.6. The van der Waals surface area contributed by atoms with Crippen molar-refractivity contribution < 1.29 is 0 Å². The van der Waals surface area contributed by atoms with E-state index in [9.17, 15) is 0 Å². The molecule has 3 aliphatic rings. The molecule has 282 valence electrons. The topological polar surface area (TPSA) is 13.1 Å². The fraction of sp³-hybridized carbons (Fsp3) is 0.164. The first-order chi connectivity index (χ1) is 28.7. The highest BCUT2D eigenvalue weighted by Gasteiger charge is 2.46. The van der Waals surface area contributed by atoms with Gasteiger partial charge in [-0.2, -0.15) is 0 Å². The van der Waals surface area contributed by atoms with Crippen molar-refractivity contribution in [2.45, 2.75) is 58.3 Å². The first-order valence-electron chi connectivity index (χ1n) is 21.4. The van der Waals surface area contributed by atoms with Gasteiger partial charge in [0.1, 0.15) is 0 Å². The number of para-hydroxylation sites is 4. The number of fused-ring (bicyclic) bond motifs is 13. The Kier molecular flexibility index (Phi) is 6.44. The second-order valence-corrected chi connectivity index (χ2v) is 18.8. The number of benzene rings is 8. The number of aryl methyl sites for hydroxylation is 1. The quantitative estimate of drug-likeness (QED) is 0.160. The van der Waals surface area contributed by atoms with Gasteiger partial charge < -0.3 is 13.9 Å². The molecule has 0 N–H and O–H groups in total. The largest absolute Gasteiger partial charge is 0.376 e. The van der Waals surface area contributed by atoms with Crippen LogP contribution in [0.25, 0.3) is 76.9 Å². The smallest absolute Gasteiger partial charge is 0.333 e. The maximum atomic E-state index is 2.77. The second kappa shape index (κ2) is 11.4. The van der Waals surface area contributed by atoms with Crippen LogP contribution in [-0.2, 0) is 10.8 Å². The van der Waals surface area contributed by atoms with E-state index in [0.29, 0.717) is 0 Å². The van der Waals surface area contributed by atoms with E-state index in [1.54, 1.807) is 0 Å². The van der Waals surface area contributed by atoms with Gasteiger partial charge in [-0.1, -0.05) is 131 Å². The molecule has 3 nitrogen and oxygen atoms in total. The van der Waals surface area contributed by atoms with Crippen LogP contribution in [0.5, 0.6) is 0 Å². The molecule has 2 aromatic heterocycles. The Hall–Kier alpha value is -6.52. The summed E-state index contributed by atoms with van der Waals surface area (Å²) >= 11 is 0. The van der Waals surface area contributed by atoms with Gasteiger partial charge in [-0.3, -0.25) is 0 Å². The summed E-state index contributed by atoms with van der Waals surface area (Å²) in [5.41, 5.74) is 20.0. The predicted octanol–water partition coefficient (Wildman–Crippen LogP) is 12.9. The molecular weight excluding hydrogens is 713 g/mol. The summed E-state index contributed by atoms with van der Waals surface area (Å²) in [6, 6.07) is 57.8. The van der Waals surface area contributed by atoms with Crippen molar-refractivity contribution in [3.8, 4) is 22.5 Å². The normalized spacial score (nSPS) is 15.9. The molecule has 0 fully saturated rings. The van der Waals surface area contributed by atoms with Gasteiger partial charge in [-0.05, 0) is 123 Å². The standard InChI is InChI=1S/C55H44BN3/c1-33-28-42-43(55(4,5)27-26-54(42,2)3)32-47(33)59-49-30-40-38-21-12-13-24-45(38)57(35-17-7-6-8-18-35)48(40)31-41(49)51-36-19-10-9-16-34(36)29-50-52(51)56(59)44-23-15-22-39-37-20-11-14-25-46(37)58(50)53(39)44/h6-25,28-32H,26-27H2,1-5H3. The van der Waals surface area contributed by atoms with Crippen molar-refractivity contribution in [3.05, 3.63) is 168 Å². The van der Waals surface area contributed by atoms with Crippen LogP contribution in [0.2, 0.25) is 0 Å². The predicted molar refractivity (Wildman–Crippen MR) is 252 cm³/mol. The molecule has 0 amide bonds. The van der Waals surface area contributed by atoms with Crippen molar-refractivity contribution in [3.63, 3.8) is 0 Å². The number of anilines is 2. The summed E-state index contributed by atoms with van der Waals surface area (Å²) in [5, 5.41) is 7.73. The molecule has 59 heavy (non-hydrogen) atoms. The highest BCUT2D eigenvalue weighted by atomic mass is 15.1. The molecule has 0 saturated heterocycles. The summed E-state index contributed by atoms with van der Waals surface area (Å²) in [4.78, 5) is 2.77. The van der Waals surface area contributed by atoms with Crippen LogP contribution in [-0.4, -0.2) is 16.0 Å². The molecule has 0 unspecified atom stereocenters. The lowest BCUT2D eigenvalue weighted by atomic mass is 9.43. The Morgan fingerprint density at radius 1 is 0.492 bits per heavy atom. The number of rotatable bonds is 2. The minimum Gasteiger partial charge on any atom is -0.376 e. The van der Waals surface area contributed by atoms with Crippen molar-refractivity contribution >= 4 is 83.5 Å². The van der Waals surface area contributed by atoms with Crippen LogP contribution in [0.1, 0.15) is 57.2 Å². The van der Waals surface area contributed by atoms with Gasteiger partial charge in [0.2, 0.25) is 0 Å². The van der Waals surface area contributed by atoms with E-state index in [2.05, 4.69) is 200 Å². The lowest BCUT2D eigenvalue weighted by molar-refractivity contribution is 0.332. The minimum atomic E-state index is -0.0472. The Morgan fingerprint density at radius 2 is 1.12 bits per heavy atom. The van der Waals surface area contributed by atoms with Crippen molar-refractivity contribution in [2.75, 3.05) is 4.81 Å². The van der Waals surface area contributed by atoms with E-state index in [4.69, 9.17) is 0 Å². The van der Waals surface area contributed by atoms with Crippen LogP contribution in [0.3, 0.4) is 0 Å². The van der Waals surface area contributed by atoms with Gasteiger partial charge in [0, 0.05) is 49.9 Å². The lowest BCUT2D eigenvalue weighted by Gasteiger charge is -2.46. The van der Waals surface area contributed by atoms with Crippen LogP contribution < -0.4 is 15.7 Å². The van der Waals surface area contributed by atoms with Crippen LogP contribution in [0.4, 0.5) is 11.4 Å². The van der Waals surface area contributed by atoms with Crippen LogP contribution in [0, 0.1) is 6.92 Å². The lowest BCUT2D eigenvalue weighted by Crippen LogP contribution is -2.60. The summed E-state index contributed by atoms with van der Waals surface area (Å²) in [7, 11) is 0. The Labute approximate surface area is 345 Å². The summed E-state index contributed by atoms with van der Waals surface area (Å²) < 4.78 is 5.07. The van der Waals surface area contributed by atoms with E-state index in [0.717, 1.165) is 0 Å². The molecule has 1 aliphatic carbocycles. The number of hydrogen-bond acceptors (Lipinski definition) is 1. The van der Waals surface area contributed by atoms with Crippen molar-refractivity contribution in [1.82, 2.24) is 9.13 Å². The molecule has 0 spiro atoms. The zero-order valence-corrected chi connectivity index (χ0v) is 34.3. The Morgan fingerprint density at radius 3 is 1.88 bits per heavy atom. The van der Waals surface area contributed by atoms with E-state index in [-0.39, 0.29) is 17.7 Å². The maximum absolute atomic E-state index is 2.77. The number of aromatic nitrogens is 2. The van der Waals surface area contributed by atoms with E-state index >= 15 is 0 Å². The van der Waals surface area contributed by atoms with E-state index in [1.165, 1.54) is 129 Å². The zero-order valence-electron chi connectivity index (χ0n) is 34.3. The van der Waals surface area contributed by atoms with Gasteiger partial charge in [-0.15, -0.1) is 0 Å². The number of hydrogen-bond donors (Lipinski definition) is 0. The Balaban J connectivity index is 1.24. The molecular formula is C55H44BN3. The van der Waals surface area contributed by atoms with Crippen molar-refractivity contribution in [2.24, 2.45) is 0 Å². The van der Waals surface area contributed by atoms with Gasteiger partial charge in [-0.25, -0.2) is 0 Å². The van der Waals surface area contributed by atoms with Gasteiger partial charge in [0.15, 0.2) is 0 Å². The van der Waals surface area contributed by atoms with Crippen molar-refractivity contribution in [1.29, 1.82) is 0 Å². The molecule has 4 heterocycles. The first-order valence-corrected chi connectivity index (χ1v) is 21.4. The average Bonchev–Trinajstić information content (AvgIpc) is 3.77. The SMILES string of the molecule is Cc1cc2c(cc1N1B3c4c(cc5ccccc5c4-c4cc5c(cc41)c1ccccc1n5-c1ccccc1)-n1c4ccccc4c4cccc3c41)C(C)(C)CCC2(C)C. The molecule has 0 atom stereocenters. The maximum Gasteiger partial charge on any atom is 0.333 e. The third kappa shape index (κ3) is 4.29.